The van der Waals surface area contributed by atoms with Crippen molar-refractivity contribution in [2.75, 3.05) is 0 Å². The zero-order chi connectivity index (χ0) is 9.12. The summed E-state index contributed by atoms with van der Waals surface area (Å²) in [7, 11) is -9.70. The minimum atomic E-state index is -5.00. The lowest BCUT2D eigenvalue weighted by atomic mass is 11.2. The molecule has 3 N–H and O–H groups in total. The molecule has 7 nitrogen and oxygen atoms in total. The van der Waals surface area contributed by atoms with Crippen molar-refractivity contribution in [1.29, 1.82) is 0 Å². The van der Waals surface area contributed by atoms with Gasteiger partial charge in [0.05, 0.1) is 6.26 Å². The fraction of sp³-hybridized carbons (Fsp3) is 0. The number of phosphoric acid groups is 2. The molecule has 0 aliphatic rings. The molecule has 0 aromatic rings. The van der Waals surface area contributed by atoms with Crippen LogP contribution in [0.25, 0.3) is 0 Å². The molecule has 0 spiro atoms. The summed E-state index contributed by atoms with van der Waals surface area (Å²) >= 11 is 0. The summed E-state index contributed by atoms with van der Waals surface area (Å²) in [5.41, 5.74) is 0. The first-order valence-corrected chi connectivity index (χ1v) is 5.18. The van der Waals surface area contributed by atoms with Gasteiger partial charge in [0.2, 0.25) is 0 Å². The van der Waals surface area contributed by atoms with E-state index in [1.807, 2.05) is 0 Å². The first kappa shape index (κ1) is 10.8. The maximum Gasteiger partial charge on any atom is 0.535 e. The summed E-state index contributed by atoms with van der Waals surface area (Å²) in [4.78, 5) is 24.4. The fourth-order valence-electron chi connectivity index (χ4n) is 0.248. The van der Waals surface area contributed by atoms with Crippen LogP contribution in [0.5, 0.6) is 0 Å². The molecule has 1 unspecified atom stereocenters. The summed E-state index contributed by atoms with van der Waals surface area (Å²) in [6.45, 7) is 2.89. The van der Waals surface area contributed by atoms with Crippen molar-refractivity contribution in [3.8, 4) is 0 Å². The molecule has 0 aliphatic heterocycles. The topological polar surface area (TPSA) is 113 Å². The highest BCUT2D eigenvalue weighted by Crippen LogP contribution is 2.57. The molecule has 0 aromatic carbocycles. The standard InChI is InChI=1S/C2H6O7P2/c1-2-8-11(6,7)9-10(3,4)5/h2H,1H2,(H,6,7)(H2,3,4,5). The zero-order valence-corrected chi connectivity index (χ0v) is 6.94. The van der Waals surface area contributed by atoms with Gasteiger partial charge in [0, 0.05) is 0 Å². The normalized spacial score (nSPS) is 17.0. The van der Waals surface area contributed by atoms with E-state index >= 15 is 0 Å². The Morgan fingerprint density at radius 1 is 1.27 bits per heavy atom. The molecule has 0 bridgehead atoms. The largest absolute Gasteiger partial charge is 0.535 e. The van der Waals surface area contributed by atoms with Gasteiger partial charge < -0.3 is 14.3 Å². The van der Waals surface area contributed by atoms with Crippen molar-refractivity contribution in [2.24, 2.45) is 0 Å². The monoisotopic (exact) mass is 204 g/mol. The van der Waals surface area contributed by atoms with E-state index in [0.29, 0.717) is 6.26 Å². The third-order valence-electron chi connectivity index (χ3n) is 0.417. The second-order valence-corrected chi connectivity index (χ2v) is 4.10. The minimum absolute atomic E-state index is 0.538. The highest BCUT2D eigenvalue weighted by molar-refractivity contribution is 7.60. The average Bonchev–Trinajstić information content (AvgIpc) is 1.55. The zero-order valence-electron chi connectivity index (χ0n) is 5.15. The lowest BCUT2D eigenvalue weighted by molar-refractivity contribution is 0.217. The Hall–Kier alpha value is -0.160. The van der Waals surface area contributed by atoms with E-state index in [1.54, 1.807) is 0 Å². The first-order valence-electron chi connectivity index (χ1n) is 2.16. The van der Waals surface area contributed by atoms with Crippen LogP contribution in [0, 0.1) is 0 Å². The summed E-state index contributed by atoms with van der Waals surface area (Å²) in [6.07, 6.45) is 0.538. The molecule has 0 radical (unpaired) electrons. The number of hydrogen-bond donors (Lipinski definition) is 3. The van der Waals surface area contributed by atoms with Gasteiger partial charge >= 0.3 is 15.6 Å². The van der Waals surface area contributed by atoms with Gasteiger partial charge in [-0.1, -0.05) is 6.58 Å². The van der Waals surface area contributed by atoms with Crippen LogP contribution in [0.2, 0.25) is 0 Å². The molecule has 1 atom stereocenters. The third kappa shape index (κ3) is 6.25. The van der Waals surface area contributed by atoms with E-state index in [2.05, 4.69) is 15.4 Å². The summed E-state index contributed by atoms with van der Waals surface area (Å²) < 4.78 is 27.4. The fourth-order valence-corrected chi connectivity index (χ4v) is 1.67. The van der Waals surface area contributed by atoms with Crippen molar-refractivity contribution < 1.29 is 32.6 Å². The summed E-state index contributed by atoms with van der Waals surface area (Å²) in [6, 6.07) is 0. The maximum atomic E-state index is 10.4. The van der Waals surface area contributed by atoms with Crippen molar-refractivity contribution in [3.63, 3.8) is 0 Å². The molecule has 0 aliphatic carbocycles. The Kier molecular flexibility index (Phi) is 3.44. The lowest BCUT2D eigenvalue weighted by Gasteiger charge is -2.09. The molecular formula is C2H6O7P2. The van der Waals surface area contributed by atoms with Crippen LogP contribution >= 0.6 is 15.6 Å². The van der Waals surface area contributed by atoms with Crippen LogP contribution < -0.4 is 0 Å². The molecular weight excluding hydrogens is 198 g/mol. The Labute approximate surface area is 62.1 Å². The Bertz CT molecular complexity index is 227. The highest BCUT2D eigenvalue weighted by Gasteiger charge is 2.32. The first-order chi connectivity index (χ1) is 4.77. The van der Waals surface area contributed by atoms with Gasteiger partial charge in [0.1, 0.15) is 0 Å². The van der Waals surface area contributed by atoms with Crippen LogP contribution in [-0.2, 0) is 18.0 Å². The molecule has 0 amide bonds. The Balaban J connectivity index is 4.25. The minimum Gasteiger partial charge on any atom is -0.412 e. The maximum absolute atomic E-state index is 10.4. The van der Waals surface area contributed by atoms with Crippen LogP contribution in [0.3, 0.4) is 0 Å². The molecule has 0 saturated heterocycles. The van der Waals surface area contributed by atoms with Crippen LogP contribution in [0.15, 0.2) is 12.8 Å². The number of phosphoric ester groups is 1. The predicted octanol–water partition coefficient (Wildman–Crippen LogP) is 0.356. The van der Waals surface area contributed by atoms with Gasteiger partial charge in [-0.3, -0.25) is 4.89 Å². The van der Waals surface area contributed by atoms with Gasteiger partial charge in [0.15, 0.2) is 0 Å². The van der Waals surface area contributed by atoms with E-state index in [-0.39, 0.29) is 0 Å². The van der Waals surface area contributed by atoms with Crippen molar-refractivity contribution >= 4 is 15.6 Å². The third-order valence-corrected chi connectivity index (χ3v) is 2.51. The number of hydrogen-bond acceptors (Lipinski definition) is 4. The summed E-state index contributed by atoms with van der Waals surface area (Å²) in [5, 5.41) is 0. The van der Waals surface area contributed by atoms with Crippen LogP contribution in [0.4, 0.5) is 0 Å². The van der Waals surface area contributed by atoms with Gasteiger partial charge in [0.25, 0.3) is 0 Å². The molecule has 0 saturated carbocycles. The smallest absolute Gasteiger partial charge is 0.412 e. The Morgan fingerprint density at radius 2 is 1.73 bits per heavy atom. The van der Waals surface area contributed by atoms with Crippen LogP contribution in [0.1, 0.15) is 0 Å². The number of rotatable bonds is 4. The molecule has 9 heteroatoms. The predicted molar refractivity (Wildman–Crippen MR) is 34.2 cm³/mol. The van der Waals surface area contributed by atoms with E-state index in [0.717, 1.165) is 0 Å². The second kappa shape index (κ2) is 3.49. The SMILES string of the molecule is C=COP(=O)(O)OP(=O)(O)O. The van der Waals surface area contributed by atoms with Crippen LogP contribution in [-0.4, -0.2) is 14.7 Å². The van der Waals surface area contributed by atoms with E-state index in [4.69, 9.17) is 14.7 Å². The molecule has 0 fully saturated rings. The van der Waals surface area contributed by atoms with Gasteiger partial charge in [-0.15, -0.1) is 0 Å². The summed E-state index contributed by atoms with van der Waals surface area (Å²) in [5.74, 6) is 0. The van der Waals surface area contributed by atoms with Crippen molar-refractivity contribution in [2.45, 2.75) is 0 Å². The Morgan fingerprint density at radius 3 is 2.00 bits per heavy atom. The average molecular weight is 204 g/mol. The second-order valence-electron chi connectivity index (χ2n) is 1.31. The highest BCUT2D eigenvalue weighted by atomic mass is 31.3. The van der Waals surface area contributed by atoms with Gasteiger partial charge in [-0.25, -0.2) is 9.13 Å². The van der Waals surface area contributed by atoms with Gasteiger partial charge in [-0.05, 0) is 0 Å². The van der Waals surface area contributed by atoms with E-state index in [9.17, 15) is 9.13 Å². The quantitative estimate of drug-likeness (QED) is 0.447. The lowest BCUT2D eigenvalue weighted by Crippen LogP contribution is -1.88. The van der Waals surface area contributed by atoms with E-state index < -0.39 is 15.6 Å². The molecule has 0 rings (SSSR count). The van der Waals surface area contributed by atoms with E-state index in [1.165, 1.54) is 0 Å². The van der Waals surface area contributed by atoms with Gasteiger partial charge in [-0.2, -0.15) is 4.31 Å². The molecule has 0 aromatic heterocycles. The molecule has 0 heterocycles. The molecule has 11 heavy (non-hydrogen) atoms. The van der Waals surface area contributed by atoms with Crippen molar-refractivity contribution in [1.82, 2.24) is 0 Å². The molecule has 66 valence electrons. The van der Waals surface area contributed by atoms with Crippen molar-refractivity contribution in [3.05, 3.63) is 12.8 Å².